The number of carbonyl (C=O) groups is 1. The van der Waals surface area contributed by atoms with E-state index >= 15 is 0 Å². The van der Waals surface area contributed by atoms with Crippen molar-refractivity contribution in [2.45, 2.75) is 6.54 Å². The molecule has 98 valence electrons. The van der Waals surface area contributed by atoms with Crippen molar-refractivity contribution < 1.29 is 4.79 Å². The van der Waals surface area contributed by atoms with Gasteiger partial charge in [0.2, 0.25) is 5.91 Å². The SMILES string of the molecule is NCC(=O)N1CCN(Cc2ccccc2Cl)CC1. The number of amides is 1. The highest BCUT2D eigenvalue weighted by Gasteiger charge is 2.20. The summed E-state index contributed by atoms with van der Waals surface area (Å²) in [4.78, 5) is 15.6. The lowest BCUT2D eigenvalue weighted by atomic mass is 10.2. The zero-order chi connectivity index (χ0) is 13.0. The maximum atomic E-state index is 11.4. The topological polar surface area (TPSA) is 49.6 Å². The van der Waals surface area contributed by atoms with Gasteiger partial charge in [0.05, 0.1) is 6.54 Å². The number of benzene rings is 1. The molecular formula is C13H18ClN3O. The molecule has 0 unspecified atom stereocenters. The van der Waals surface area contributed by atoms with Gasteiger partial charge in [-0.3, -0.25) is 9.69 Å². The number of halogens is 1. The Morgan fingerprint density at radius 1 is 1.22 bits per heavy atom. The Balaban J connectivity index is 1.87. The maximum Gasteiger partial charge on any atom is 0.236 e. The number of nitrogens with two attached hydrogens (primary N) is 1. The van der Waals surface area contributed by atoms with Gasteiger partial charge in [-0.2, -0.15) is 0 Å². The van der Waals surface area contributed by atoms with E-state index in [1.165, 1.54) is 0 Å². The van der Waals surface area contributed by atoms with Crippen molar-refractivity contribution in [3.63, 3.8) is 0 Å². The summed E-state index contributed by atoms with van der Waals surface area (Å²) in [5, 5.41) is 0.804. The standard InChI is InChI=1S/C13H18ClN3O/c14-12-4-2-1-3-11(12)10-16-5-7-17(8-6-16)13(18)9-15/h1-4H,5-10,15H2. The number of nitrogens with zero attached hydrogens (tertiary/aromatic N) is 2. The Morgan fingerprint density at radius 3 is 2.50 bits per heavy atom. The molecule has 2 N–H and O–H groups in total. The summed E-state index contributed by atoms with van der Waals surface area (Å²) in [6.07, 6.45) is 0. The average molecular weight is 268 g/mol. The van der Waals surface area contributed by atoms with Gasteiger partial charge < -0.3 is 10.6 Å². The summed E-state index contributed by atoms with van der Waals surface area (Å²) in [6, 6.07) is 7.88. The summed E-state index contributed by atoms with van der Waals surface area (Å²) in [7, 11) is 0. The first-order valence-electron chi connectivity index (χ1n) is 6.14. The molecule has 1 saturated heterocycles. The van der Waals surface area contributed by atoms with E-state index in [9.17, 15) is 4.79 Å². The van der Waals surface area contributed by atoms with Crippen molar-refractivity contribution in [3.8, 4) is 0 Å². The van der Waals surface area contributed by atoms with E-state index < -0.39 is 0 Å². The highest BCUT2D eigenvalue weighted by Crippen LogP contribution is 2.17. The van der Waals surface area contributed by atoms with Crippen molar-refractivity contribution >= 4 is 17.5 Å². The lowest BCUT2D eigenvalue weighted by molar-refractivity contribution is -0.131. The highest BCUT2D eigenvalue weighted by molar-refractivity contribution is 6.31. The smallest absolute Gasteiger partial charge is 0.236 e. The third-order valence-corrected chi connectivity index (χ3v) is 3.62. The van der Waals surface area contributed by atoms with Crippen molar-refractivity contribution in [1.82, 2.24) is 9.80 Å². The second kappa shape index (κ2) is 6.18. The maximum absolute atomic E-state index is 11.4. The molecular weight excluding hydrogens is 250 g/mol. The van der Waals surface area contributed by atoms with Gasteiger partial charge in [-0.25, -0.2) is 0 Å². The van der Waals surface area contributed by atoms with E-state index in [0.29, 0.717) is 0 Å². The van der Waals surface area contributed by atoms with Gasteiger partial charge in [-0.05, 0) is 11.6 Å². The van der Waals surface area contributed by atoms with E-state index in [4.69, 9.17) is 17.3 Å². The molecule has 1 aliphatic heterocycles. The Labute approximate surface area is 112 Å². The Kier molecular flexibility index (Phi) is 4.58. The van der Waals surface area contributed by atoms with Crippen LogP contribution in [0.4, 0.5) is 0 Å². The van der Waals surface area contributed by atoms with Gasteiger partial charge in [0, 0.05) is 37.7 Å². The number of carbonyl (C=O) groups excluding carboxylic acids is 1. The van der Waals surface area contributed by atoms with Crippen LogP contribution in [-0.4, -0.2) is 48.4 Å². The number of rotatable bonds is 3. The lowest BCUT2D eigenvalue weighted by Gasteiger charge is -2.34. The average Bonchev–Trinajstić information content (AvgIpc) is 2.41. The molecule has 1 heterocycles. The summed E-state index contributed by atoms with van der Waals surface area (Å²) in [6.45, 7) is 4.18. The van der Waals surface area contributed by atoms with Crippen LogP contribution in [0.3, 0.4) is 0 Å². The monoisotopic (exact) mass is 267 g/mol. The molecule has 0 atom stereocenters. The third kappa shape index (κ3) is 3.22. The summed E-state index contributed by atoms with van der Waals surface area (Å²) in [5.41, 5.74) is 6.50. The van der Waals surface area contributed by atoms with E-state index in [0.717, 1.165) is 43.3 Å². The summed E-state index contributed by atoms with van der Waals surface area (Å²) < 4.78 is 0. The van der Waals surface area contributed by atoms with Crippen molar-refractivity contribution in [2.24, 2.45) is 5.73 Å². The molecule has 2 rings (SSSR count). The van der Waals surface area contributed by atoms with Crippen LogP contribution < -0.4 is 5.73 Å². The van der Waals surface area contributed by atoms with Crippen molar-refractivity contribution in [2.75, 3.05) is 32.7 Å². The second-order valence-corrected chi connectivity index (χ2v) is 4.86. The van der Waals surface area contributed by atoms with E-state index in [1.807, 2.05) is 29.2 Å². The minimum atomic E-state index is 0.0346. The van der Waals surface area contributed by atoms with Crippen LogP contribution in [0.2, 0.25) is 5.02 Å². The van der Waals surface area contributed by atoms with Crippen LogP contribution in [-0.2, 0) is 11.3 Å². The zero-order valence-corrected chi connectivity index (χ0v) is 11.1. The molecule has 4 nitrogen and oxygen atoms in total. The fourth-order valence-corrected chi connectivity index (χ4v) is 2.35. The minimum absolute atomic E-state index is 0.0346. The number of hydrogen-bond donors (Lipinski definition) is 1. The van der Waals surface area contributed by atoms with Gasteiger partial charge in [-0.1, -0.05) is 29.8 Å². The molecule has 1 aliphatic rings. The van der Waals surface area contributed by atoms with Gasteiger partial charge in [-0.15, -0.1) is 0 Å². The van der Waals surface area contributed by atoms with Crippen LogP contribution in [0.1, 0.15) is 5.56 Å². The molecule has 1 fully saturated rings. The molecule has 0 radical (unpaired) electrons. The van der Waals surface area contributed by atoms with Crippen molar-refractivity contribution in [3.05, 3.63) is 34.9 Å². The molecule has 1 aromatic carbocycles. The summed E-state index contributed by atoms with van der Waals surface area (Å²) >= 11 is 6.14. The van der Waals surface area contributed by atoms with Crippen LogP contribution in [0.15, 0.2) is 24.3 Å². The van der Waals surface area contributed by atoms with Crippen molar-refractivity contribution in [1.29, 1.82) is 0 Å². The zero-order valence-electron chi connectivity index (χ0n) is 10.3. The Morgan fingerprint density at radius 2 is 1.89 bits per heavy atom. The predicted molar refractivity (Wildman–Crippen MR) is 72.4 cm³/mol. The fourth-order valence-electron chi connectivity index (χ4n) is 2.15. The van der Waals surface area contributed by atoms with Gasteiger partial charge in [0.15, 0.2) is 0 Å². The first-order valence-corrected chi connectivity index (χ1v) is 6.52. The fraction of sp³-hybridized carbons (Fsp3) is 0.462. The minimum Gasteiger partial charge on any atom is -0.339 e. The second-order valence-electron chi connectivity index (χ2n) is 4.45. The number of hydrogen-bond acceptors (Lipinski definition) is 3. The van der Waals surface area contributed by atoms with Gasteiger partial charge >= 0.3 is 0 Å². The Hall–Kier alpha value is -1.10. The quantitative estimate of drug-likeness (QED) is 0.887. The molecule has 0 aromatic heterocycles. The van der Waals surface area contributed by atoms with Crippen LogP contribution in [0, 0.1) is 0 Å². The van der Waals surface area contributed by atoms with Gasteiger partial charge in [0.1, 0.15) is 0 Å². The first-order chi connectivity index (χ1) is 8.70. The van der Waals surface area contributed by atoms with Crippen LogP contribution in [0.25, 0.3) is 0 Å². The molecule has 18 heavy (non-hydrogen) atoms. The molecule has 1 aromatic rings. The van der Waals surface area contributed by atoms with Crippen LogP contribution >= 0.6 is 11.6 Å². The van der Waals surface area contributed by atoms with Crippen LogP contribution in [0.5, 0.6) is 0 Å². The molecule has 0 saturated carbocycles. The van der Waals surface area contributed by atoms with E-state index in [2.05, 4.69) is 4.90 Å². The molecule has 0 aliphatic carbocycles. The normalized spacial score (nSPS) is 16.9. The third-order valence-electron chi connectivity index (χ3n) is 3.25. The molecule has 5 heteroatoms. The van der Waals surface area contributed by atoms with E-state index in [-0.39, 0.29) is 12.5 Å². The molecule has 0 bridgehead atoms. The Bertz CT molecular complexity index is 416. The van der Waals surface area contributed by atoms with E-state index in [1.54, 1.807) is 0 Å². The lowest BCUT2D eigenvalue weighted by Crippen LogP contribution is -2.49. The molecule has 1 amide bonds. The molecule has 0 spiro atoms. The highest BCUT2D eigenvalue weighted by atomic mass is 35.5. The van der Waals surface area contributed by atoms with Gasteiger partial charge in [0.25, 0.3) is 0 Å². The predicted octanol–water partition coefficient (Wildman–Crippen LogP) is 0.943. The first kappa shape index (κ1) is 13.3. The largest absolute Gasteiger partial charge is 0.339 e. The number of piperazine rings is 1. The summed E-state index contributed by atoms with van der Waals surface area (Å²) in [5.74, 6) is 0.0346.